The number of para-hydroxylation sites is 1. The monoisotopic (exact) mass is 463 g/mol. The summed E-state index contributed by atoms with van der Waals surface area (Å²) in [7, 11) is 0. The molecule has 1 N–H and O–H groups in total. The van der Waals surface area contributed by atoms with Crippen molar-refractivity contribution >= 4 is 44.9 Å². The molecule has 1 amide bonds. The lowest BCUT2D eigenvalue weighted by molar-refractivity contribution is -0.113. The van der Waals surface area contributed by atoms with Crippen molar-refractivity contribution in [3.63, 3.8) is 0 Å². The molecule has 2 aromatic carbocycles. The van der Waals surface area contributed by atoms with Crippen molar-refractivity contribution in [2.24, 2.45) is 0 Å². The van der Waals surface area contributed by atoms with E-state index in [1.165, 1.54) is 23.1 Å². The maximum atomic E-state index is 13.4. The van der Waals surface area contributed by atoms with Gasteiger partial charge in [0.1, 0.15) is 4.83 Å². The molecule has 0 spiro atoms. The molecule has 5 nitrogen and oxygen atoms in total. The fourth-order valence-electron chi connectivity index (χ4n) is 3.64. The van der Waals surface area contributed by atoms with Gasteiger partial charge in [0.2, 0.25) is 5.91 Å². The molecule has 0 radical (unpaired) electrons. The van der Waals surface area contributed by atoms with Crippen molar-refractivity contribution in [1.29, 1.82) is 0 Å². The molecule has 2 aromatic heterocycles. The molecule has 4 aromatic rings. The standard InChI is InChI=1S/C25H25N3O2S2/c1-15-9-8-10-16(2)22(15)26-20(29)14-31-25-27-23-21(17(3)18(4)32-23)24(30)28(25)13-19-11-6-5-7-12-19/h5-12H,13-14H2,1-4H3,(H,26,29). The minimum atomic E-state index is -0.119. The summed E-state index contributed by atoms with van der Waals surface area (Å²) < 4.78 is 1.69. The molecule has 7 heteroatoms. The topological polar surface area (TPSA) is 64.0 Å². The predicted molar refractivity (Wildman–Crippen MR) is 134 cm³/mol. The molecular weight excluding hydrogens is 438 g/mol. The van der Waals surface area contributed by atoms with Gasteiger partial charge in [-0.05, 0) is 49.9 Å². The van der Waals surface area contributed by atoms with Gasteiger partial charge in [-0.2, -0.15) is 0 Å². The molecule has 0 aliphatic rings. The summed E-state index contributed by atoms with van der Waals surface area (Å²) in [5.74, 6) is 0.0515. The van der Waals surface area contributed by atoms with Gasteiger partial charge < -0.3 is 5.32 Å². The van der Waals surface area contributed by atoms with Gasteiger partial charge in [0, 0.05) is 10.6 Å². The largest absolute Gasteiger partial charge is 0.325 e. The number of hydrogen-bond acceptors (Lipinski definition) is 5. The van der Waals surface area contributed by atoms with Gasteiger partial charge in [0.25, 0.3) is 5.56 Å². The predicted octanol–water partition coefficient (Wildman–Crippen LogP) is 5.47. The SMILES string of the molecule is Cc1cccc(C)c1NC(=O)CSc1nc2sc(C)c(C)c2c(=O)n1Cc1ccccc1. The first-order valence-corrected chi connectivity index (χ1v) is 12.2. The van der Waals surface area contributed by atoms with Gasteiger partial charge in [0.15, 0.2) is 5.16 Å². The molecule has 0 aliphatic heterocycles. The highest BCUT2D eigenvalue weighted by Crippen LogP contribution is 2.29. The molecule has 0 fully saturated rings. The Kier molecular flexibility index (Phi) is 6.48. The van der Waals surface area contributed by atoms with E-state index in [4.69, 9.17) is 4.98 Å². The van der Waals surface area contributed by atoms with E-state index in [9.17, 15) is 9.59 Å². The molecule has 4 rings (SSSR count). The van der Waals surface area contributed by atoms with E-state index in [2.05, 4.69) is 5.32 Å². The summed E-state index contributed by atoms with van der Waals surface area (Å²) in [4.78, 5) is 32.8. The number of aryl methyl sites for hydroxylation is 4. The van der Waals surface area contributed by atoms with Crippen LogP contribution in [0.1, 0.15) is 27.1 Å². The van der Waals surface area contributed by atoms with E-state index in [0.717, 1.165) is 37.6 Å². The zero-order valence-electron chi connectivity index (χ0n) is 18.6. The molecule has 0 bridgehead atoms. The average molecular weight is 464 g/mol. The molecule has 0 aliphatic carbocycles. The highest BCUT2D eigenvalue weighted by atomic mass is 32.2. The maximum Gasteiger partial charge on any atom is 0.263 e. The van der Waals surface area contributed by atoms with Gasteiger partial charge in [-0.3, -0.25) is 14.2 Å². The van der Waals surface area contributed by atoms with E-state index >= 15 is 0 Å². The van der Waals surface area contributed by atoms with Crippen LogP contribution in [-0.2, 0) is 11.3 Å². The average Bonchev–Trinajstić information content (AvgIpc) is 3.06. The normalized spacial score (nSPS) is 11.1. The number of carbonyl (C=O) groups excluding carboxylic acids is 1. The van der Waals surface area contributed by atoms with Crippen LogP contribution in [0, 0.1) is 27.7 Å². The second kappa shape index (κ2) is 9.30. The molecule has 0 unspecified atom stereocenters. The summed E-state index contributed by atoms with van der Waals surface area (Å²) in [6, 6.07) is 15.8. The van der Waals surface area contributed by atoms with Crippen LogP contribution in [0.4, 0.5) is 5.69 Å². The lowest BCUT2D eigenvalue weighted by Gasteiger charge is -2.14. The molecule has 32 heavy (non-hydrogen) atoms. The van der Waals surface area contributed by atoms with Crippen molar-refractivity contribution < 1.29 is 4.79 Å². The summed E-state index contributed by atoms with van der Waals surface area (Å²) >= 11 is 2.82. The lowest BCUT2D eigenvalue weighted by atomic mass is 10.1. The number of rotatable bonds is 6. The number of hydrogen-bond donors (Lipinski definition) is 1. The Morgan fingerprint density at radius 2 is 1.72 bits per heavy atom. The van der Waals surface area contributed by atoms with E-state index in [-0.39, 0.29) is 17.2 Å². The van der Waals surface area contributed by atoms with Crippen molar-refractivity contribution in [2.45, 2.75) is 39.4 Å². The third kappa shape index (κ3) is 4.49. The van der Waals surface area contributed by atoms with Crippen LogP contribution >= 0.6 is 23.1 Å². The van der Waals surface area contributed by atoms with Gasteiger partial charge in [-0.25, -0.2) is 4.98 Å². The number of benzene rings is 2. The Morgan fingerprint density at radius 3 is 2.41 bits per heavy atom. The quantitative estimate of drug-likeness (QED) is 0.304. The Hall–Kier alpha value is -2.90. The summed E-state index contributed by atoms with van der Waals surface area (Å²) in [5.41, 5.74) is 4.82. The number of amides is 1. The summed E-state index contributed by atoms with van der Waals surface area (Å²) in [6.45, 7) is 8.34. The maximum absolute atomic E-state index is 13.4. The number of aromatic nitrogens is 2. The van der Waals surface area contributed by atoms with Crippen molar-refractivity contribution in [3.05, 3.63) is 86.0 Å². The van der Waals surface area contributed by atoms with E-state index < -0.39 is 0 Å². The van der Waals surface area contributed by atoms with E-state index in [1.54, 1.807) is 4.57 Å². The Balaban J connectivity index is 1.65. The van der Waals surface area contributed by atoms with Gasteiger partial charge >= 0.3 is 0 Å². The van der Waals surface area contributed by atoms with Crippen LogP contribution in [0.2, 0.25) is 0 Å². The van der Waals surface area contributed by atoms with Gasteiger partial charge in [-0.1, -0.05) is 60.3 Å². The van der Waals surface area contributed by atoms with Crippen LogP contribution in [0.25, 0.3) is 10.2 Å². The highest BCUT2D eigenvalue weighted by Gasteiger charge is 2.18. The van der Waals surface area contributed by atoms with Crippen LogP contribution in [0.3, 0.4) is 0 Å². The number of fused-ring (bicyclic) bond motifs is 1. The highest BCUT2D eigenvalue weighted by molar-refractivity contribution is 7.99. The smallest absolute Gasteiger partial charge is 0.263 e. The number of carbonyl (C=O) groups is 1. The fourth-order valence-corrected chi connectivity index (χ4v) is 5.51. The first-order chi connectivity index (χ1) is 15.3. The van der Waals surface area contributed by atoms with Crippen molar-refractivity contribution in [3.8, 4) is 0 Å². The van der Waals surface area contributed by atoms with Gasteiger partial charge in [0.05, 0.1) is 17.7 Å². The van der Waals surface area contributed by atoms with Crippen molar-refractivity contribution in [2.75, 3.05) is 11.1 Å². The number of thioether (sulfide) groups is 1. The van der Waals surface area contributed by atoms with Crippen LogP contribution < -0.4 is 10.9 Å². The minimum absolute atomic E-state index is 0.0571. The second-order valence-corrected chi connectivity index (χ2v) is 9.98. The Morgan fingerprint density at radius 1 is 1.03 bits per heavy atom. The number of thiophene rings is 1. The third-order valence-corrected chi connectivity index (χ3v) is 7.59. The zero-order chi connectivity index (χ0) is 22.8. The van der Waals surface area contributed by atoms with Crippen LogP contribution in [0.5, 0.6) is 0 Å². The van der Waals surface area contributed by atoms with E-state index in [0.29, 0.717) is 17.1 Å². The van der Waals surface area contributed by atoms with Crippen LogP contribution in [0.15, 0.2) is 58.5 Å². The molecule has 0 saturated heterocycles. The van der Waals surface area contributed by atoms with E-state index in [1.807, 2.05) is 76.2 Å². The molecular formula is C25H25N3O2S2. The Labute approximate surface area is 195 Å². The minimum Gasteiger partial charge on any atom is -0.325 e. The molecule has 2 heterocycles. The molecule has 0 atom stereocenters. The Bertz CT molecular complexity index is 1340. The van der Waals surface area contributed by atoms with Gasteiger partial charge in [-0.15, -0.1) is 11.3 Å². The third-order valence-electron chi connectivity index (χ3n) is 5.52. The van der Waals surface area contributed by atoms with Crippen LogP contribution in [-0.4, -0.2) is 21.2 Å². The molecule has 164 valence electrons. The fraction of sp³-hybridized carbons (Fsp3) is 0.240. The zero-order valence-corrected chi connectivity index (χ0v) is 20.2. The number of nitrogens with zero attached hydrogens (tertiary/aromatic N) is 2. The molecule has 0 saturated carbocycles. The lowest BCUT2D eigenvalue weighted by Crippen LogP contribution is -2.25. The first kappa shape index (κ1) is 22.3. The number of anilines is 1. The summed E-state index contributed by atoms with van der Waals surface area (Å²) in [6.07, 6.45) is 0. The first-order valence-electron chi connectivity index (χ1n) is 10.4. The summed E-state index contributed by atoms with van der Waals surface area (Å²) in [5, 5.41) is 4.24. The van der Waals surface area contributed by atoms with Crippen molar-refractivity contribution in [1.82, 2.24) is 9.55 Å². The number of nitrogens with one attached hydrogen (secondary N) is 1. The second-order valence-electron chi connectivity index (χ2n) is 7.84.